The summed E-state index contributed by atoms with van der Waals surface area (Å²) in [4.78, 5) is 0.309. The molecule has 0 amide bonds. The number of hydrogen-bond donors (Lipinski definition) is 1. The van der Waals surface area contributed by atoms with Crippen LogP contribution in [0.3, 0.4) is 0 Å². The van der Waals surface area contributed by atoms with Crippen LogP contribution in [0.2, 0.25) is 10.0 Å². The van der Waals surface area contributed by atoms with Crippen molar-refractivity contribution in [2.75, 3.05) is 5.32 Å². The Hall–Kier alpha value is -2.40. The van der Waals surface area contributed by atoms with Gasteiger partial charge in [0.2, 0.25) is 5.70 Å². The number of rotatable bonds is 4. The molecule has 130 valence electrons. The fourth-order valence-corrected chi connectivity index (χ4v) is 2.91. The maximum Gasteiger partial charge on any atom is 0.238 e. The molecule has 1 aromatic heterocycles. The molecule has 0 aliphatic rings. The van der Waals surface area contributed by atoms with Gasteiger partial charge in [0.05, 0.1) is 0 Å². The highest BCUT2D eigenvalue weighted by molar-refractivity contribution is 7.81. The topological polar surface area (TPSA) is 39.0 Å². The number of thiocarbonyl (C=S) groups is 1. The zero-order valence-electron chi connectivity index (χ0n) is 13.5. The Morgan fingerprint density at radius 2 is 1.38 bits per heavy atom. The van der Waals surface area contributed by atoms with Crippen molar-refractivity contribution in [3.8, 4) is 0 Å². The Kier molecular flexibility index (Phi) is 5.89. The van der Waals surface area contributed by atoms with Gasteiger partial charge in [-0.05, 0) is 47.7 Å². The van der Waals surface area contributed by atoms with Crippen molar-refractivity contribution in [3.63, 3.8) is 0 Å². The van der Waals surface area contributed by atoms with Crippen LogP contribution in [0, 0.1) is 0 Å². The van der Waals surface area contributed by atoms with Gasteiger partial charge in [-0.3, -0.25) is 0 Å². The van der Waals surface area contributed by atoms with E-state index >= 15 is 0 Å². The van der Waals surface area contributed by atoms with Crippen LogP contribution in [0.5, 0.6) is 0 Å². The first kappa shape index (κ1) is 18.4. The molecular formula is C20H14Cl2N2OS. The van der Waals surface area contributed by atoms with Gasteiger partial charge in [0.25, 0.3) is 0 Å². The molecule has 0 fully saturated rings. The van der Waals surface area contributed by atoms with Crippen molar-refractivity contribution in [2.45, 2.75) is 0 Å². The molecule has 1 heterocycles. The monoisotopic (exact) mass is 400 g/mol. The fraction of sp³-hybridized carbons (Fsp3) is 0. The smallest absolute Gasteiger partial charge is 0.238 e. The summed E-state index contributed by atoms with van der Waals surface area (Å²) >= 11 is 17.4. The molecule has 3 aromatic rings. The molecule has 2 aromatic carbocycles. The van der Waals surface area contributed by atoms with E-state index in [-0.39, 0.29) is 5.76 Å². The van der Waals surface area contributed by atoms with E-state index < -0.39 is 0 Å². The maximum atomic E-state index is 13.1. The third-order valence-electron chi connectivity index (χ3n) is 3.61. The molecule has 0 radical (unpaired) electrons. The summed E-state index contributed by atoms with van der Waals surface area (Å²) in [6.07, 6.45) is 3.55. The molecule has 26 heavy (non-hydrogen) atoms. The predicted molar refractivity (Wildman–Crippen MR) is 109 cm³/mol. The standard InChI is InChI=1S/C20H14Cl2N2OS/c21-15-6-4-14(5-7-15)19(25)18(24-12-2-1-3-13-24)20(26)23-17-10-8-16(22)9-11-17/h1-13H,(H-,23,25,26). The van der Waals surface area contributed by atoms with E-state index in [9.17, 15) is 5.11 Å². The third kappa shape index (κ3) is 4.41. The highest BCUT2D eigenvalue weighted by Gasteiger charge is 2.18. The van der Waals surface area contributed by atoms with E-state index in [0.29, 0.717) is 26.3 Å². The Morgan fingerprint density at radius 3 is 1.96 bits per heavy atom. The Morgan fingerprint density at radius 1 is 0.846 bits per heavy atom. The van der Waals surface area contributed by atoms with Crippen LogP contribution >= 0.6 is 35.4 Å². The Balaban J connectivity index is 2.03. The highest BCUT2D eigenvalue weighted by atomic mass is 35.5. The minimum atomic E-state index is -0.204. The first-order chi connectivity index (χ1) is 12.5. The molecule has 0 aliphatic carbocycles. The Bertz CT molecular complexity index is 940. The SMILES string of the molecule is [O-]/C(=C(\C(=S)Nc1ccc(Cl)cc1)[n+]1ccccc1)c1ccc(Cl)cc1. The molecule has 0 spiro atoms. The average Bonchev–Trinajstić information content (AvgIpc) is 2.65. The summed E-state index contributed by atoms with van der Waals surface area (Å²) in [7, 11) is 0. The summed E-state index contributed by atoms with van der Waals surface area (Å²) < 4.78 is 1.70. The van der Waals surface area contributed by atoms with Crippen LogP contribution in [-0.4, -0.2) is 4.99 Å². The fourth-order valence-electron chi connectivity index (χ4n) is 2.35. The van der Waals surface area contributed by atoms with Crippen molar-refractivity contribution in [3.05, 3.63) is 94.7 Å². The summed E-state index contributed by atoms with van der Waals surface area (Å²) in [6, 6.07) is 19.4. The number of hydrogen-bond acceptors (Lipinski definition) is 2. The minimum Gasteiger partial charge on any atom is -0.867 e. The minimum absolute atomic E-state index is 0.204. The zero-order valence-corrected chi connectivity index (χ0v) is 15.9. The molecule has 1 N–H and O–H groups in total. The van der Waals surface area contributed by atoms with Gasteiger partial charge < -0.3 is 10.4 Å². The summed E-state index contributed by atoms with van der Waals surface area (Å²) in [6.45, 7) is 0. The zero-order chi connectivity index (χ0) is 18.5. The quantitative estimate of drug-likeness (QED) is 0.305. The average molecular weight is 401 g/mol. The lowest BCUT2D eigenvalue weighted by Crippen LogP contribution is -2.39. The molecule has 0 bridgehead atoms. The lowest BCUT2D eigenvalue weighted by Gasteiger charge is -2.17. The van der Waals surface area contributed by atoms with Crippen molar-refractivity contribution in [1.82, 2.24) is 0 Å². The van der Waals surface area contributed by atoms with E-state index in [4.69, 9.17) is 35.4 Å². The molecule has 0 unspecified atom stereocenters. The lowest BCUT2D eigenvalue weighted by molar-refractivity contribution is -0.577. The highest BCUT2D eigenvalue weighted by Crippen LogP contribution is 2.20. The number of halogens is 2. The number of aromatic nitrogens is 1. The van der Waals surface area contributed by atoms with Crippen LogP contribution in [0.1, 0.15) is 5.56 Å². The van der Waals surface area contributed by atoms with Gasteiger partial charge in [-0.15, -0.1) is 0 Å². The predicted octanol–water partition coefficient (Wildman–Crippen LogP) is 4.41. The van der Waals surface area contributed by atoms with E-state index in [1.807, 2.05) is 18.2 Å². The van der Waals surface area contributed by atoms with Crippen LogP contribution in [0.15, 0.2) is 79.1 Å². The molecular weight excluding hydrogens is 387 g/mol. The van der Waals surface area contributed by atoms with Gasteiger partial charge in [0.15, 0.2) is 17.4 Å². The number of benzene rings is 2. The van der Waals surface area contributed by atoms with Crippen molar-refractivity contribution in [2.24, 2.45) is 0 Å². The Labute approximate surface area is 167 Å². The molecule has 3 rings (SSSR count). The van der Waals surface area contributed by atoms with Gasteiger partial charge in [0.1, 0.15) is 0 Å². The second-order valence-electron chi connectivity index (χ2n) is 5.43. The number of nitrogens with zero attached hydrogens (tertiary/aromatic N) is 1. The summed E-state index contributed by atoms with van der Waals surface area (Å²) in [5.41, 5.74) is 1.59. The molecule has 0 saturated carbocycles. The number of pyridine rings is 1. The van der Waals surface area contributed by atoms with Crippen LogP contribution in [-0.2, 0) is 0 Å². The van der Waals surface area contributed by atoms with Crippen molar-refractivity contribution < 1.29 is 9.67 Å². The van der Waals surface area contributed by atoms with Crippen LogP contribution in [0.25, 0.3) is 11.5 Å². The van der Waals surface area contributed by atoms with Gasteiger partial charge in [-0.1, -0.05) is 53.6 Å². The van der Waals surface area contributed by atoms with Crippen LogP contribution < -0.4 is 15.0 Å². The summed E-state index contributed by atoms with van der Waals surface area (Å²) in [5, 5.41) is 17.4. The molecule has 0 saturated heterocycles. The van der Waals surface area contributed by atoms with Gasteiger partial charge in [-0.25, -0.2) is 0 Å². The van der Waals surface area contributed by atoms with Gasteiger partial charge in [0, 0.05) is 27.9 Å². The normalized spacial score (nSPS) is 11.6. The molecule has 3 nitrogen and oxygen atoms in total. The van der Waals surface area contributed by atoms with Crippen LogP contribution in [0.4, 0.5) is 5.69 Å². The number of nitrogens with one attached hydrogen (secondary N) is 1. The maximum absolute atomic E-state index is 13.1. The molecule has 0 aliphatic heterocycles. The molecule has 6 heteroatoms. The van der Waals surface area contributed by atoms with E-state index in [0.717, 1.165) is 5.69 Å². The van der Waals surface area contributed by atoms with E-state index in [2.05, 4.69) is 5.32 Å². The third-order valence-corrected chi connectivity index (χ3v) is 4.41. The van der Waals surface area contributed by atoms with E-state index in [1.165, 1.54) is 0 Å². The second kappa shape index (κ2) is 8.32. The van der Waals surface area contributed by atoms with E-state index in [1.54, 1.807) is 65.5 Å². The van der Waals surface area contributed by atoms with Crippen molar-refractivity contribution in [1.29, 1.82) is 0 Å². The first-order valence-electron chi connectivity index (χ1n) is 7.75. The largest absolute Gasteiger partial charge is 0.867 e. The second-order valence-corrected chi connectivity index (χ2v) is 6.71. The van der Waals surface area contributed by atoms with Gasteiger partial charge >= 0.3 is 0 Å². The summed E-state index contributed by atoms with van der Waals surface area (Å²) in [5.74, 6) is -0.204. The van der Waals surface area contributed by atoms with Crippen molar-refractivity contribution >= 4 is 57.6 Å². The lowest BCUT2D eigenvalue weighted by atomic mass is 10.1. The first-order valence-corrected chi connectivity index (χ1v) is 8.92. The number of anilines is 1. The van der Waals surface area contributed by atoms with Gasteiger partial charge in [-0.2, -0.15) is 4.57 Å². The molecule has 0 atom stereocenters.